The highest BCUT2D eigenvalue weighted by Gasteiger charge is 2.11. The van der Waals surface area contributed by atoms with Gasteiger partial charge in [0.15, 0.2) is 0 Å². The van der Waals surface area contributed by atoms with Gasteiger partial charge in [-0.05, 0) is 48.9 Å². The van der Waals surface area contributed by atoms with E-state index in [1.165, 1.54) is 0 Å². The number of rotatable bonds is 5. The third-order valence-electron chi connectivity index (χ3n) is 3.79. The Bertz CT molecular complexity index is 833. The molecule has 0 saturated heterocycles. The van der Waals surface area contributed by atoms with E-state index in [4.69, 9.17) is 0 Å². The first-order chi connectivity index (χ1) is 12.1. The molecule has 0 aliphatic rings. The second-order valence-corrected chi connectivity index (χ2v) is 6.59. The molecule has 5 heteroatoms. The SMILES string of the molecule is CC(NC(=O)c1ccc(Nc2ccc(Br)cc2)nc1)c1ccccc1. The molecule has 0 fully saturated rings. The van der Waals surface area contributed by atoms with Crippen molar-refractivity contribution in [1.29, 1.82) is 0 Å². The number of pyridine rings is 1. The normalized spacial score (nSPS) is 11.6. The lowest BCUT2D eigenvalue weighted by Crippen LogP contribution is -2.26. The Hall–Kier alpha value is -2.66. The lowest BCUT2D eigenvalue weighted by atomic mass is 10.1. The molecule has 25 heavy (non-hydrogen) atoms. The summed E-state index contributed by atoms with van der Waals surface area (Å²) in [6, 6.07) is 21.2. The average molecular weight is 396 g/mol. The van der Waals surface area contributed by atoms with Crippen molar-refractivity contribution in [2.45, 2.75) is 13.0 Å². The molecule has 0 aliphatic heterocycles. The van der Waals surface area contributed by atoms with Crippen molar-refractivity contribution in [1.82, 2.24) is 10.3 Å². The van der Waals surface area contributed by atoms with Crippen molar-refractivity contribution in [2.75, 3.05) is 5.32 Å². The van der Waals surface area contributed by atoms with Crippen LogP contribution in [-0.4, -0.2) is 10.9 Å². The minimum atomic E-state index is -0.140. The molecule has 4 nitrogen and oxygen atoms in total. The van der Waals surface area contributed by atoms with Crippen molar-refractivity contribution < 1.29 is 4.79 Å². The summed E-state index contributed by atoms with van der Waals surface area (Å²) in [6.07, 6.45) is 1.58. The average Bonchev–Trinajstić information content (AvgIpc) is 2.65. The first-order valence-electron chi connectivity index (χ1n) is 7.96. The van der Waals surface area contributed by atoms with Crippen LogP contribution < -0.4 is 10.6 Å². The Morgan fingerprint density at radius 3 is 2.36 bits per heavy atom. The van der Waals surface area contributed by atoms with Gasteiger partial charge in [0.1, 0.15) is 5.82 Å². The summed E-state index contributed by atoms with van der Waals surface area (Å²) in [5.74, 6) is 0.550. The van der Waals surface area contributed by atoms with E-state index in [0.717, 1.165) is 15.7 Å². The summed E-state index contributed by atoms with van der Waals surface area (Å²) in [7, 11) is 0. The van der Waals surface area contributed by atoms with Crippen LogP contribution in [0.3, 0.4) is 0 Å². The number of aromatic nitrogens is 1. The van der Waals surface area contributed by atoms with Crippen LogP contribution >= 0.6 is 15.9 Å². The third-order valence-corrected chi connectivity index (χ3v) is 4.32. The topological polar surface area (TPSA) is 54.0 Å². The predicted octanol–water partition coefficient (Wildman–Crippen LogP) is 5.08. The first-order valence-corrected chi connectivity index (χ1v) is 8.75. The maximum Gasteiger partial charge on any atom is 0.253 e. The Labute approximate surface area is 155 Å². The Kier molecular flexibility index (Phi) is 5.46. The summed E-state index contributed by atoms with van der Waals surface area (Å²) < 4.78 is 1.02. The van der Waals surface area contributed by atoms with E-state index in [2.05, 4.69) is 31.5 Å². The van der Waals surface area contributed by atoms with Crippen LogP contribution in [-0.2, 0) is 0 Å². The van der Waals surface area contributed by atoms with Crippen molar-refractivity contribution in [3.05, 3.63) is 88.5 Å². The number of benzene rings is 2. The van der Waals surface area contributed by atoms with E-state index < -0.39 is 0 Å². The summed E-state index contributed by atoms with van der Waals surface area (Å²) in [5, 5.41) is 6.18. The van der Waals surface area contributed by atoms with Crippen molar-refractivity contribution >= 4 is 33.3 Å². The fourth-order valence-corrected chi connectivity index (χ4v) is 2.65. The van der Waals surface area contributed by atoms with E-state index in [1.54, 1.807) is 18.3 Å². The van der Waals surface area contributed by atoms with Crippen LogP contribution in [0.5, 0.6) is 0 Å². The molecule has 2 aromatic carbocycles. The number of amides is 1. The Morgan fingerprint density at radius 1 is 1.00 bits per heavy atom. The molecule has 1 heterocycles. The van der Waals surface area contributed by atoms with Gasteiger partial charge >= 0.3 is 0 Å². The fraction of sp³-hybridized carbons (Fsp3) is 0.100. The largest absolute Gasteiger partial charge is 0.345 e. The zero-order valence-electron chi connectivity index (χ0n) is 13.7. The number of nitrogens with one attached hydrogen (secondary N) is 2. The molecule has 2 N–H and O–H groups in total. The molecule has 0 spiro atoms. The van der Waals surface area contributed by atoms with Crippen LogP contribution in [0.15, 0.2) is 77.4 Å². The van der Waals surface area contributed by atoms with Crippen LogP contribution in [0.25, 0.3) is 0 Å². The monoisotopic (exact) mass is 395 g/mol. The molecular weight excluding hydrogens is 378 g/mol. The third kappa shape index (κ3) is 4.67. The standard InChI is InChI=1S/C20H18BrN3O/c1-14(15-5-3-2-4-6-15)23-20(25)16-7-12-19(22-13-16)24-18-10-8-17(21)9-11-18/h2-14H,1H3,(H,22,24)(H,23,25). The van der Waals surface area contributed by atoms with E-state index in [1.807, 2.05) is 61.5 Å². The maximum absolute atomic E-state index is 12.4. The molecular formula is C20H18BrN3O. The molecule has 1 amide bonds. The number of carbonyl (C=O) groups excluding carboxylic acids is 1. The van der Waals surface area contributed by atoms with Gasteiger partial charge in [-0.2, -0.15) is 0 Å². The van der Waals surface area contributed by atoms with E-state index in [9.17, 15) is 4.79 Å². The molecule has 0 saturated carbocycles. The van der Waals surface area contributed by atoms with Crippen molar-refractivity contribution in [3.8, 4) is 0 Å². The Morgan fingerprint density at radius 2 is 1.72 bits per heavy atom. The van der Waals surface area contributed by atoms with E-state index >= 15 is 0 Å². The number of nitrogens with zero attached hydrogens (tertiary/aromatic N) is 1. The van der Waals surface area contributed by atoms with Gasteiger partial charge in [-0.1, -0.05) is 46.3 Å². The highest BCUT2D eigenvalue weighted by atomic mass is 79.9. The Balaban J connectivity index is 1.63. The minimum Gasteiger partial charge on any atom is -0.345 e. The van der Waals surface area contributed by atoms with Crippen LogP contribution in [0.4, 0.5) is 11.5 Å². The summed E-state index contributed by atoms with van der Waals surface area (Å²) >= 11 is 3.40. The number of hydrogen-bond acceptors (Lipinski definition) is 3. The van der Waals surface area contributed by atoms with Crippen LogP contribution in [0.1, 0.15) is 28.9 Å². The molecule has 0 radical (unpaired) electrons. The lowest BCUT2D eigenvalue weighted by Gasteiger charge is -2.14. The summed E-state index contributed by atoms with van der Waals surface area (Å²) in [4.78, 5) is 16.7. The minimum absolute atomic E-state index is 0.0609. The number of carbonyl (C=O) groups is 1. The zero-order chi connectivity index (χ0) is 17.6. The second-order valence-electron chi connectivity index (χ2n) is 5.67. The fourth-order valence-electron chi connectivity index (χ4n) is 2.39. The van der Waals surface area contributed by atoms with Gasteiger partial charge in [0.2, 0.25) is 0 Å². The predicted molar refractivity (Wildman–Crippen MR) is 104 cm³/mol. The van der Waals surface area contributed by atoms with Gasteiger partial charge in [-0.15, -0.1) is 0 Å². The van der Waals surface area contributed by atoms with Crippen molar-refractivity contribution in [3.63, 3.8) is 0 Å². The van der Waals surface area contributed by atoms with E-state index in [0.29, 0.717) is 11.4 Å². The quantitative estimate of drug-likeness (QED) is 0.633. The lowest BCUT2D eigenvalue weighted by molar-refractivity contribution is 0.0939. The van der Waals surface area contributed by atoms with Crippen molar-refractivity contribution in [2.24, 2.45) is 0 Å². The van der Waals surface area contributed by atoms with Gasteiger partial charge in [0.25, 0.3) is 5.91 Å². The van der Waals surface area contributed by atoms with Crippen LogP contribution in [0.2, 0.25) is 0 Å². The molecule has 0 aliphatic carbocycles. The molecule has 0 bridgehead atoms. The molecule has 3 rings (SSSR count). The van der Waals surface area contributed by atoms with E-state index in [-0.39, 0.29) is 11.9 Å². The maximum atomic E-state index is 12.4. The number of halogens is 1. The zero-order valence-corrected chi connectivity index (χ0v) is 15.3. The number of anilines is 2. The van der Waals surface area contributed by atoms with Gasteiger partial charge in [0.05, 0.1) is 11.6 Å². The van der Waals surface area contributed by atoms with Gasteiger partial charge in [-0.3, -0.25) is 4.79 Å². The first kappa shape index (κ1) is 17.2. The molecule has 1 atom stereocenters. The molecule has 1 aromatic heterocycles. The van der Waals surface area contributed by atoms with Gasteiger partial charge < -0.3 is 10.6 Å². The molecule has 126 valence electrons. The highest BCUT2D eigenvalue weighted by molar-refractivity contribution is 9.10. The van der Waals surface area contributed by atoms with Gasteiger partial charge in [-0.25, -0.2) is 4.98 Å². The molecule has 1 unspecified atom stereocenters. The highest BCUT2D eigenvalue weighted by Crippen LogP contribution is 2.18. The molecule has 3 aromatic rings. The smallest absolute Gasteiger partial charge is 0.253 e. The van der Waals surface area contributed by atoms with Gasteiger partial charge in [0, 0.05) is 16.4 Å². The summed E-state index contributed by atoms with van der Waals surface area (Å²) in [6.45, 7) is 1.96. The summed E-state index contributed by atoms with van der Waals surface area (Å²) in [5.41, 5.74) is 2.53. The second kappa shape index (κ2) is 7.94. The van der Waals surface area contributed by atoms with Crippen LogP contribution in [0, 0.1) is 0 Å². The number of hydrogen-bond donors (Lipinski definition) is 2.